The Morgan fingerprint density at radius 2 is 1.83 bits per heavy atom. The lowest BCUT2D eigenvalue weighted by atomic mass is 9.75. The van der Waals surface area contributed by atoms with E-state index >= 15 is 0 Å². The second-order valence-electron chi connectivity index (χ2n) is 5.62. The molecular weight excluding hydrogens is 366 g/mol. The quantitative estimate of drug-likeness (QED) is 0.843. The number of aromatic nitrogens is 2. The molecule has 0 unspecified atom stereocenters. The Kier molecular flexibility index (Phi) is 4.03. The summed E-state index contributed by atoms with van der Waals surface area (Å²) in [4.78, 5) is 0. The van der Waals surface area contributed by atoms with Gasteiger partial charge in [-0.15, -0.1) is 0 Å². The number of aliphatic hydroxyl groups is 1. The van der Waals surface area contributed by atoms with Crippen LogP contribution in [0.2, 0.25) is 10.0 Å². The van der Waals surface area contributed by atoms with Crippen LogP contribution in [0.1, 0.15) is 36.1 Å². The molecule has 1 aliphatic rings. The molecule has 0 bridgehead atoms. The Labute approximate surface area is 145 Å². The lowest BCUT2D eigenvalue weighted by Gasteiger charge is -2.35. The number of nitrogens with zero attached hydrogens (tertiary/aromatic N) is 3. The molecule has 0 atom stereocenters. The number of alkyl halides is 3. The maximum Gasteiger partial charge on any atom is 0.416 e. The summed E-state index contributed by atoms with van der Waals surface area (Å²) in [6.45, 7) is 0. The molecule has 0 saturated heterocycles. The minimum atomic E-state index is -4.58. The van der Waals surface area contributed by atoms with Crippen molar-refractivity contribution in [3.63, 3.8) is 0 Å². The van der Waals surface area contributed by atoms with Gasteiger partial charge in [-0.2, -0.15) is 23.5 Å². The third-order valence-electron chi connectivity index (χ3n) is 4.08. The van der Waals surface area contributed by atoms with Gasteiger partial charge in [-0.05, 0) is 31.4 Å². The molecule has 24 heavy (non-hydrogen) atoms. The molecule has 1 aromatic heterocycles. The maximum absolute atomic E-state index is 12.8. The van der Waals surface area contributed by atoms with Crippen molar-refractivity contribution in [1.82, 2.24) is 9.78 Å². The van der Waals surface area contributed by atoms with Crippen LogP contribution in [0, 0.1) is 11.3 Å². The van der Waals surface area contributed by atoms with Gasteiger partial charge in [0, 0.05) is 11.8 Å². The van der Waals surface area contributed by atoms with E-state index in [9.17, 15) is 23.5 Å². The monoisotopic (exact) mass is 375 g/mol. The highest BCUT2D eigenvalue weighted by Crippen LogP contribution is 2.43. The van der Waals surface area contributed by atoms with Crippen molar-refractivity contribution in [3.8, 4) is 11.8 Å². The molecule has 126 valence electrons. The van der Waals surface area contributed by atoms with Crippen LogP contribution in [0.25, 0.3) is 5.69 Å². The summed E-state index contributed by atoms with van der Waals surface area (Å²) in [5.41, 5.74) is -1.79. The lowest BCUT2D eigenvalue weighted by Crippen LogP contribution is -2.34. The van der Waals surface area contributed by atoms with Crippen molar-refractivity contribution in [3.05, 3.63) is 45.2 Å². The summed E-state index contributed by atoms with van der Waals surface area (Å²) in [5, 5.41) is 23.1. The molecule has 4 nitrogen and oxygen atoms in total. The van der Waals surface area contributed by atoms with Crippen molar-refractivity contribution < 1.29 is 18.3 Å². The molecule has 1 heterocycles. The third-order valence-corrected chi connectivity index (χ3v) is 4.65. The molecule has 0 radical (unpaired) electrons. The maximum atomic E-state index is 12.8. The standard InChI is InChI=1S/C15H10Cl2F3N3O/c16-10-4-8(15(18,19)20)5-11(17)13(10)23-7-9(12(6-21)22-23)14(24)2-1-3-14/h4-5,7,24H,1-3H2. The molecule has 0 amide bonds. The predicted molar refractivity (Wildman–Crippen MR) is 81.0 cm³/mol. The van der Waals surface area contributed by atoms with Gasteiger partial charge in [0.15, 0.2) is 5.69 Å². The number of rotatable bonds is 2. The second kappa shape index (κ2) is 5.66. The first-order chi connectivity index (χ1) is 11.2. The van der Waals surface area contributed by atoms with E-state index < -0.39 is 17.3 Å². The van der Waals surface area contributed by atoms with Crippen molar-refractivity contribution in [2.24, 2.45) is 0 Å². The molecule has 1 fully saturated rings. The molecule has 1 aromatic carbocycles. The summed E-state index contributed by atoms with van der Waals surface area (Å²) in [7, 11) is 0. The minimum Gasteiger partial charge on any atom is -0.385 e. The van der Waals surface area contributed by atoms with Crippen LogP contribution < -0.4 is 0 Å². The molecule has 1 saturated carbocycles. The van der Waals surface area contributed by atoms with Gasteiger partial charge < -0.3 is 5.11 Å². The van der Waals surface area contributed by atoms with Crippen molar-refractivity contribution in [2.45, 2.75) is 31.0 Å². The van der Waals surface area contributed by atoms with E-state index in [1.54, 1.807) is 0 Å². The zero-order valence-corrected chi connectivity index (χ0v) is 13.5. The van der Waals surface area contributed by atoms with E-state index in [1.165, 1.54) is 6.20 Å². The summed E-state index contributed by atoms with van der Waals surface area (Å²) >= 11 is 11.9. The van der Waals surface area contributed by atoms with Gasteiger partial charge in [-0.25, -0.2) is 4.68 Å². The zero-order valence-electron chi connectivity index (χ0n) is 12.0. The fourth-order valence-electron chi connectivity index (χ4n) is 2.64. The Balaban J connectivity index is 2.12. The molecule has 9 heteroatoms. The zero-order chi connectivity index (χ0) is 17.7. The normalized spacial score (nSPS) is 16.5. The number of halogens is 5. The minimum absolute atomic E-state index is 0.00997. The Morgan fingerprint density at radius 1 is 1.25 bits per heavy atom. The third kappa shape index (κ3) is 2.75. The summed E-state index contributed by atoms with van der Waals surface area (Å²) in [5.74, 6) is 0. The predicted octanol–water partition coefficient (Wildman–Crippen LogP) is 4.44. The van der Waals surface area contributed by atoms with Crippen LogP contribution in [0.3, 0.4) is 0 Å². The van der Waals surface area contributed by atoms with Gasteiger partial charge >= 0.3 is 6.18 Å². The fourth-order valence-corrected chi connectivity index (χ4v) is 3.30. The Morgan fingerprint density at radius 3 is 2.25 bits per heavy atom. The second-order valence-corrected chi connectivity index (χ2v) is 6.43. The summed E-state index contributed by atoms with van der Waals surface area (Å²) in [6.07, 6.45) is -1.41. The van der Waals surface area contributed by atoms with Gasteiger partial charge in [0.25, 0.3) is 0 Å². The van der Waals surface area contributed by atoms with Gasteiger partial charge in [0.1, 0.15) is 11.8 Å². The van der Waals surface area contributed by atoms with Crippen LogP contribution in [0.5, 0.6) is 0 Å². The molecule has 3 rings (SSSR count). The molecule has 1 aliphatic carbocycles. The van der Waals surface area contributed by atoms with E-state index in [-0.39, 0.29) is 21.4 Å². The average Bonchev–Trinajstić information content (AvgIpc) is 2.87. The van der Waals surface area contributed by atoms with E-state index in [0.29, 0.717) is 18.4 Å². The molecule has 2 aromatic rings. The highest BCUT2D eigenvalue weighted by atomic mass is 35.5. The van der Waals surface area contributed by atoms with Crippen molar-refractivity contribution in [2.75, 3.05) is 0 Å². The van der Waals surface area contributed by atoms with Gasteiger partial charge in [0.2, 0.25) is 0 Å². The van der Waals surface area contributed by atoms with Crippen LogP contribution in [-0.4, -0.2) is 14.9 Å². The first-order valence-corrected chi connectivity index (χ1v) is 7.70. The molecular formula is C15H10Cl2F3N3O. The van der Waals surface area contributed by atoms with E-state index in [2.05, 4.69) is 5.10 Å². The smallest absolute Gasteiger partial charge is 0.385 e. The fraction of sp³-hybridized carbons (Fsp3) is 0.333. The first-order valence-electron chi connectivity index (χ1n) is 6.95. The Hall–Kier alpha value is -1.75. The van der Waals surface area contributed by atoms with Crippen molar-refractivity contribution in [1.29, 1.82) is 5.26 Å². The lowest BCUT2D eigenvalue weighted by molar-refractivity contribution is -0.137. The highest BCUT2D eigenvalue weighted by molar-refractivity contribution is 6.37. The van der Waals surface area contributed by atoms with Crippen LogP contribution in [0.15, 0.2) is 18.3 Å². The van der Waals surface area contributed by atoms with Gasteiger partial charge in [0.05, 0.1) is 21.2 Å². The van der Waals surface area contributed by atoms with E-state index in [0.717, 1.165) is 23.2 Å². The number of benzene rings is 1. The molecule has 1 N–H and O–H groups in total. The van der Waals surface area contributed by atoms with Crippen LogP contribution in [0.4, 0.5) is 13.2 Å². The molecule has 0 aliphatic heterocycles. The first kappa shape index (κ1) is 17.1. The van der Waals surface area contributed by atoms with E-state index in [4.69, 9.17) is 23.2 Å². The van der Waals surface area contributed by atoms with Crippen LogP contribution in [-0.2, 0) is 11.8 Å². The largest absolute Gasteiger partial charge is 0.416 e. The average molecular weight is 376 g/mol. The topological polar surface area (TPSA) is 61.8 Å². The summed E-state index contributed by atoms with van der Waals surface area (Å²) in [6, 6.07) is 3.37. The molecule has 0 spiro atoms. The van der Waals surface area contributed by atoms with Crippen LogP contribution >= 0.6 is 23.2 Å². The SMILES string of the molecule is N#Cc1nn(-c2c(Cl)cc(C(F)(F)F)cc2Cl)cc1C1(O)CCC1. The van der Waals surface area contributed by atoms with E-state index in [1.807, 2.05) is 6.07 Å². The van der Waals surface area contributed by atoms with Gasteiger partial charge in [-0.3, -0.25) is 0 Å². The Bertz CT molecular complexity index is 828. The summed E-state index contributed by atoms with van der Waals surface area (Å²) < 4.78 is 39.5. The van der Waals surface area contributed by atoms with Gasteiger partial charge in [-0.1, -0.05) is 23.2 Å². The van der Waals surface area contributed by atoms with Crippen molar-refractivity contribution >= 4 is 23.2 Å². The number of nitriles is 1. The number of hydrogen-bond acceptors (Lipinski definition) is 3. The number of hydrogen-bond donors (Lipinski definition) is 1. The highest BCUT2D eigenvalue weighted by Gasteiger charge is 2.40.